The predicted molar refractivity (Wildman–Crippen MR) is 73.0 cm³/mol. The number of anilines is 1. The number of nitrogens with one attached hydrogen (secondary N) is 1. The maximum absolute atomic E-state index is 11.9. The molecule has 1 heterocycles. The molecule has 88 valence electrons. The van der Waals surface area contributed by atoms with Gasteiger partial charge in [0.15, 0.2) is 0 Å². The van der Waals surface area contributed by atoms with E-state index in [9.17, 15) is 4.79 Å². The Kier molecular flexibility index (Phi) is 3.63. The molecule has 0 aliphatic rings. The van der Waals surface area contributed by atoms with Gasteiger partial charge in [-0.25, -0.2) is 0 Å². The van der Waals surface area contributed by atoms with Crippen LogP contribution in [0.25, 0.3) is 0 Å². The Morgan fingerprint density at radius 3 is 2.76 bits per heavy atom. The van der Waals surface area contributed by atoms with Gasteiger partial charge in [-0.1, -0.05) is 15.9 Å². The van der Waals surface area contributed by atoms with E-state index in [1.54, 1.807) is 17.9 Å². The number of hydrogen-bond acceptors (Lipinski definition) is 2. The van der Waals surface area contributed by atoms with Crippen molar-refractivity contribution < 1.29 is 4.79 Å². The lowest BCUT2D eigenvalue weighted by Crippen LogP contribution is -2.11. The highest BCUT2D eigenvalue weighted by atomic mass is 79.9. The number of benzene rings is 1. The zero-order valence-corrected chi connectivity index (χ0v) is 12.1. The number of halogens is 2. The van der Waals surface area contributed by atoms with Gasteiger partial charge in [-0.15, -0.1) is 0 Å². The number of aryl methyl sites for hydroxylation is 1. The molecule has 0 fully saturated rings. The molecule has 4 nitrogen and oxygen atoms in total. The molecule has 0 atom stereocenters. The molecule has 0 saturated carbocycles. The van der Waals surface area contributed by atoms with Crippen LogP contribution in [-0.2, 0) is 7.05 Å². The van der Waals surface area contributed by atoms with Crippen molar-refractivity contribution in [2.24, 2.45) is 7.05 Å². The van der Waals surface area contributed by atoms with Crippen LogP contribution in [-0.4, -0.2) is 15.7 Å². The first-order valence-corrected chi connectivity index (χ1v) is 6.40. The Morgan fingerprint density at radius 1 is 1.41 bits per heavy atom. The van der Waals surface area contributed by atoms with Crippen LogP contribution in [0.4, 0.5) is 5.69 Å². The second kappa shape index (κ2) is 5.01. The highest BCUT2D eigenvalue weighted by Gasteiger charge is 2.09. The third-order valence-corrected chi connectivity index (χ3v) is 3.30. The number of rotatable bonds is 2. The van der Waals surface area contributed by atoms with E-state index in [1.165, 1.54) is 6.20 Å². The number of carbonyl (C=O) groups is 1. The fourth-order valence-corrected chi connectivity index (χ4v) is 2.47. The summed E-state index contributed by atoms with van der Waals surface area (Å²) in [6, 6.07) is 5.56. The third kappa shape index (κ3) is 2.95. The minimum atomic E-state index is -0.180. The van der Waals surface area contributed by atoms with Crippen LogP contribution in [0.15, 0.2) is 39.5 Å². The Bertz CT molecular complexity index is 566. The molecule has 0 radical (unpaired) electrons. The van der Waals surface area contributed by atoms with Gasteiger partial charge in [0, 0.05) is 22.2 Å². The molecular weight excluding hydrogens is 350 g/mol. The second-order valence-electron chi connectivity index (χ2n) is 3.48. The maximum Gasteiger partial charge on any atom is 0.258 e. The van der Waals surface area contributed by atoms with Gasteiger partial charge < -0.3 is 5.32 Å². The Hall–Kier alpha value is -1.14. The Labute approximate surface area is 115 Å². The van der Waals surface area contributed by atoms with Crippen molar-refractivity contribution in [3.8, 4) is 0 Å². The van der Waals surface area contributed by atoms with E-state index in [4.69, 9.17) is 0 Å². The number of hydrogen-bond donors (Lipinski definition) is 1. The average Bonchev–Trinajstić information content (AvgIpc) is 2.69. The first-order chi connectivity index (χ1) is 8.06. The average molecular weight is 359 g/mol. The summed E-state index contributed by atoms with van der Waals surface area (Å²) in [5.74, 6) is -0.180. The molecule has 2 rings (SSSR count). The highest BCUT2D eigenvalue weighted by molar-refractivity contribution is 9.11. The molecule has 1 N–H and O–H groups in total. The minimum Gasteiger partial charge on any atom is -0.321 e. The first-order valence-electron chi connectivity index (χ1n) is 4.81. The number of amides is 1. The van der Waals surface area contributed by atoms with E-state index >= 15 is 0 Å². The van der Waals surface area contributed by atoms with E-state index in [2.05, 4.69) is 42.3 Å². The maximum atomic E-state index is 11.9. The lowest BCUT2D eigenvalue weighted by molar-refractivity contribution is 0.102. The topological polar surface area (TPSA) is 46.9 Å². The predicted octanol–water partition coefficient (Wildman–Crippen LogP) is 3.20. The monoisotopic (exact) mass is 357 g/mol. The summed E-state index contributed by atoms with van der Waals surface area (Å²) in [5, 5.41) is 6.76. The van der Waals surface area contributed by atoms with Crippen molar-refractivity contribution in [2.45, 2.75) is 0 Å². The lowest BCUT2D eigenvalue weighted by Gasteiger charge is -2.06. The van der Waals surface area contributed by atoms with Crippen LogP contribution in [0.3, 0.4) is 0 Å². The van der Waals surface area contributed by atoms with Gasteiger partial charge in [-0.3, -0.25) is 9.48 Å². The molecular formula is C11H9Br2N3O. The van der Waals surface area contributed by atoms with Crippen molar-refractivity contribution in [1.82, 2.24) is 9.78 Å². The molecule has 0 aliphatic heterocycles. The van der Waals surface area contributed by atoms with E-state index in [0.29, 0.717) is 5.56 Å². The van der Waals surface area contributed by atoms with E-state index in [1.807, 2.05) is 18.2 Å². The van der Waals surface area contributed by atoms with Crippen molar-refractivity contribution >= 4 is 43.5 Å². The van der Waals surface area contributed by atoms with Crippen molar-refractivity contribution in [1.29, 1.82) is 0 Å². The fourth-order valence-electron chi connectivity index (χ4n) is 1.32. The normalized spacial score (nSPS) is 10.3. The molecule has 6 heteroatoms. The van der Waals surface area contributed by atoms with Gasteiger partial charge in [0.2, 0.25) is 0 Å². The molecule has 1 aromatic heterocycles. The first kappa shape index (κ1) is 12.3. The standard InChI is InChI=1S/C11H9Br2N3O/c1-16-6-7(5-14-16)11(17)15-10-3-2-8(12)4-9(10)13/h2-6H,1H3,(H,15,17). The molecule has 0 bridgehead atoms. The molecule has 1 aromatic carbocycles. The van der Waals surface area contributed by atoms with Crippen molar-refractivity contribution in [3.63, 3.8) is 0 Å². The number of aromatic nitrogens is 2. The van der Waals surface area contributed by atoms with Crippen LogP contribution in [0.2, 0.25) is 0 Å². The summed E-state index contributed by atoms with van der Waals surface area (Å²) in [6.45, 7) is 0. The van der Waals surface area contributed by atoms with E-state index in [0.717, 1.165) is 14.6 Å². The fraction of sp³-hybridized carbons (Fsp3) is 0.0909. The lowest BCUT2D eigenvalue weighted by atomic mass is 10.3. The van der Waals surface area contributed by atoms with Gasteiger partial charge in [-0.05, 0) is 34.1 Å². The minimum absolute atomic E-state index is 0.180. The summed E-state index contributed by atoms with van der Waals surface area (Å²) < 4.78 is 3.36. The van der Waals surface area contributed by atoms with Crippen molar-refractivity contribution in [3.05, 3.63) is 45.1 Å². The molecule has 0 aliphatic carbocycles. The summed E-state index contributed by atoms with van der Waals surface area (Å²) >= 11 is 6.74. The van der Waals surface area contributed by atoms with Crippen LogP contribution in [0.5, 0.6) is 0 Å². The van der Waals surface area contributed by atoms with Gasteiger partial charge in [0.25, 0.3) is 5.91 Å². The summed E-state index contributed by atoms with van der Waals surface area (Å²) in [6.07, 6.45) is 3.20. The van der Waals surface area contributed by atoms with Gasteiger partial charge in [0.05, 0.1) is 17.4 Å². The molecule has 0 saturated heterocycles. The number of carbonyl (C=O) groups excluding carboxylic acids is 1. The largest absolute Gasteiger partial charge is 0.321 e. The van der Waals surface area contributed by atoms with Gasteiger partial charge in [0.1, 0.15) is 0 Å². The SMILES string of the molecule is Cn1cc(C(=O)Nc2ccc(Br)cc2Br)cn1. The second-order valence-corrected chi connectivity index (χ2v) is 5.25. The van der Waals surface area contributed by atoms with Gasteiger partial charge in [-0.2, -0.15) is 5.10 Å². The van der Waals surface area contributed by atoms with Crippen LogP contribution < -0.4 is 5.32 Å². The molecule has 0 spiro atoms. The number of nitrogens with zero attached hydrogens (tertiary/aromatic N) is 2. The summed E-state index contributed by atoms with van der Waals surface area (Å²) in [4.78, 5) is 11.9. The van der Waals surface area contributed by atoms with Crippen molar-refractivity contribution in [2.75, 3.05) is 5.32 Å². The molecule has 17 heavy (non-hydrogen) atoms. The molecule has 1 amide bonds. The molecule has 0 unspecified atom stereocenters. The highest BCUT2D eigenvalue weighted by Crippen LogP contribution is 2.26. The van der Waals surface area contributed by atoms with Gasteiger partial charge >= 0.3 is 0 Å². The summed E-state index contributed by atoms with van der Waals surface area (Å²) in [5.41, 5.74) is 1.25. The van der Waals surface area contributed by atoms with E-state index < -0.39 is 0 Å². The Morgan fingerprint density at radius 2 is 2.18 bits per heavy atom. The molecule has 2 aromatic rings. The zero-order chi connectivity index (χ0) is 12.4. The van der Waals surface area contributed by atoms with Crippen LogP contribution >= 0.6 is 31.9 Å². The zero-order valence-electron chi connectivity index (χ0n) is 8.95. The third-order valence-electron chi connectivity index (χ3n) is 2.15. The Balaban J connectivity index is 2.18. The quantitative estimate of drug-likeness (QED) is 0.896. The van der Waals surface area contributed by atoms with Crippen LogP contribution in [0, 0.1) is 0 Å². The smallest absolute Gasteiger partial charge is 0.258 e. The summed E-state index contributed by atoms with van der Waals surface area (Å²) in [7, 11) is 1.77. The van der Waals surface area contributed by atoms with E-state index in [-0.39, 0.29) is 5.91 Å². The van der Waals surface area contributed by atoms with Crippen LogP contribution in [0.1, 0.15) is 10.4 Å².